The minimum Gasteiger partial charge on any atom is -0.475 e. The van der Waals surface area contributed by atoms with E-state index >= 15 is 0 Å². The average Bonchev–Trinajstić information content (AvgIpc) is 3.44. The topological polar surface area (TPSA) is 94.5 Å². The number of nitrogens with one attached hydrogen (secondary N) is 1. The molecular formula is C21H23ClFN5O2. The van der Waals surface area contributed by atoms with Crippen LogP contribution in [0.3, 0.4) is 0 Å². The first-order valence-corrected chi connectivity index (χ1v) is 10.5. The highest BCUT2D eigenvalue weighted by Gasteiger charge is 2.52. The standard InChI is InChI=1S/C21H23ClFN5O2/c1-28-19(24)17(20(29)26-14-2-3-16(23)15(22)6-14)18(27-28)11-4-12-7-21(8-13(12)5-11)9-25-10-30-21/h2-3,6,10-13H,4-5,7-9,24H2,1H3,(H,26,29). The molecule has 2 heterocycles. The van der Waals surface area contributed by atoms with Crippen LogP contribution >= 0.6 is 11.6 Å². The molecule has 2 saturated carbocycles. The maximum Gasteiger partial charge on any atom is 0.261 e. The van der Waals surface area contributed by atoms with E-state index in [9.17, 15) is 9.18 Å². The lowest BCUT2D eigenvalue weighted by Gasteiger charge is -2.23. The highest BCUT2D eigenvalue weighted by Crippen LogP contribution is 2.55. The molecule has 2 atom stereocenters. The van der Waals surface area contributed by atoms with Crippen LogP contribution in [0.2, 0.25) is 5.02 Å². The molecule has 2 unspecified atom stereocenters. The maximum atomic E-state index is 13.4. The molecule has 1 aliphatic heterocycles. The number of benzene rings is 1. The van der Waals surface area contributed by atoms with Crippen molar-refractivity contribution in [3.8, 4) is 0 Å². The second-order valence-electron chi connectivity index (χ2n) is 8.70. The van der Waals surface area contributed by atoms with Crippen LogP contribution in [0.15, 0.2) is 23.2 Å². The zero-order valence-electron chi connectivity index (χ0n) is 16.6. The van der Waals surface area contributed by atoms with E-state index in [1.54, 1.807) is 18.1 Å². The lowest BCUT2D eigenvalue weighted by Crippen LogP contribution is -2.29. The van der Waals surface area contributed by atoms with Gasteiger partial charge in [-0.1, -0.05) is 11.6 Å². The van der Waals surface area contributed by atoms with Crippen LogP contribution in [-0.4, -0.2) is 34.2 Å². The van der Waals surface area contributed by atoms with Crippen molar-refractivity contribution >= 4 is 35.4 Å². The zero-order valence-corrected chi connectivity index (χ0v) is 17.3. The first-order chi connectivity index (χ1) is 14.3. The van der Waals surface area contributed by atoms with Gasteiger partial charge in [-0.15, -0.1) is 0 Å². The van der Waals surface area contributed by atoms with E-state index in [2.05, 4.69) is 15.4 Å². The van der Waals surface area contributed by atoms with E-state index in [1.807, 2.05) is 0 Å². The smallest absolute Gasteiger partial charge is 0.261 e. The number of aromatic nitrogens is 2. The fourth-order valence-electron chi connectivity index (χ4n) is 5.43. The number of nitrogens with zero attached hydrogens (tertiary/aromatic N) is 3. The van der Waals surface area contributed by atoms with Crippen molar-refractivity contribution < 1.29 is 13.9 Å². The highest BCUT2D eigenvalue weighted by molar-refractivity contribution is 6.31. The predicted octanol–water partition coefficient (Wildman–Crippen LogP) is 3.75. The van der Waals surface area contributed by atoms with Gasteiger partial charge in [0.15, 0.2) is 6.40 Å². The van der Waals surface area contributed by atoms with Crippen LogP contribution in [0.25, 0.3) is 0 Å². The molecule has 0 radical (unpaired) electrons. The molecule has 3 N–H and O–H groups in total. The van der Waals surface area contributed by atoms with E-state index in [0.29, 0.717) is 28.9 Å². The summed E-state index contributed by atoms with van der Waals surface area (Å²) in [5.74, 6) is 0.651. The molecule has 1 spiro atoms. The van der Waals surface area contributed by atoms with Gasteiger partial charge in [0.2, 0.25) is 0 Å². The van der Waals surface area contributed by atoms with Crippen LogP contribution in [-0.2, 0) is 11.8 Å². The number of fused-ring (bicyclic) bond motifs is 1. The van der Waals surface area contributed by atoms with Crippen molar-refractivity contribution in [2.24, 2.45) is 23.9 Å². The van der Waals surface area contributed by atoms with E-state index in [1.165, 1.54) is 18.2 Å². The van der Waals surface area contributed by atoms with E-state index in [4.69, 9.17) is 22.1 Å². The Bertz CT molecular complexity index is 1030. The molecule has 158 valence electrons. The molecule has 1 aromatic carbocycles. The van der Waals surface area contributed by atoms with Gasteiger partial charge < -0.3 is 15.8 Å². The Kier molecular flexibility index (Phi) is 4.50. The molecule has 0 bridgehead atoms. The molecule has 30 heavy (non-hydrogen) atoms. The third-order valence-electron chi connectivity index (χ3n) is 6.78. The fourth-order valence-corrected chi connectivity index (χ4v) is 5.61. The Hall–Kier alpha value is -2.61. The van der Waals surface area contributed by atoms with E-state index in [0.717, 1.165) is 37.9 Å². The monoisotopic (exact) mass is 431 g/mol. The summed E-state index contributed by atoms with van der Waals surface area (Å²) in [4.78, 5) is 17.3. The van der Waals surface area contributed by atoms with Gasteiger partial charge in [0.25, 0.3) is 5.91 Å². The number of halogens is 2. The lowest BCUT2D eigenvalue weighted by molar-refractivity contribution is 0.0912. The van der Waals surface area contributed by atoms with Gasteiger partial charge in [0.1, 0.15) is 22.8 Å². The summed E-state index contributed by atoms with van der Waals surface area (Å²) in [5, 5.41) is 7.31. The first kappa shape index (κ1) is 19.4. The van der Waals surface area contributed by atoms with Crippen LogP contribution in [0, 0.1) is 17.7 Å². The van der Waals surface area contributed by atoms with Crippen LogP contribution in [0.1, 0.15) is 47.7 Å². The summed E-state index contributed by atoms with van der Waals surface area (Å²) in [5.41, 5.74) is 7.61. The maximum absolute atomic E-state index is 13.4. The van der Waals surface area contributed by atoms with Gasteiger partial charge in [-0.2, -0.15) is 5.10 Å². The largest absolute Gasteiger partial charge is 0.475 e. The molecule has 1 amide bonds. The lowest BCUT2D eigenvalue weighted by atomic mass is 9.91. The molecule has 2 aromatic rings. The van der Waals surface area contributed by atoms with Crippen LogP contribution in [0.4, 0.5) is 15.9 Å². The van der Waals surface area contributed by atoms with Crippen molar-refractivity contribution in [1.29, 1.82) is 0 Å². The summed E-state index contributed by atoms with van der Waals surface area (Å²) < 4.78 is 20.8. The number of carbonyl (C=O) groups is 1. The summed E-state index contributed by atoms with van der Waals surface area (Å²) in [6, 6.07) is 4.06. The second kappa shape index (κ2) is 6.97. The number of ether oxygens (including phenoxy) is 1. The summed E-state index contributed by atoms with van der Waals surface area (Å²) in [6.45, 7) is 0.745. The van der Waals surface area contributed by atoms with Crippen LogP contribution < -0.4 is 11.1 Å². The Balaban J connectivity index is 1.36. The molecule has 2 aliphatic carbocycles. The summed E-state index contributed by atoms with van der Waals surface area (Å²) in [6.07, 6.45) is 5.48. The van der Waals surface area contributed by atoms with Crippen LogP contribution in [0.5, 0.6) is 0 Å². The Morgan fingerprint density at radius 3 is 2.73 bits per heavy atom. The number of rotatable bonds is 3. The molecular weight excluding hydrogens is 409 g/mol. The normalized spacial score (nSPS) is 29.4. The highest BCUT2D eigenvalue weighted by atomic mass is 35.5. The quantitative estimate of drug-likeness (QED) is 0.773. The Morgan fingerprint density at radius 1 is 1.37 bits per heavy atom. The van der Waals surface area contributed by atoms with Gasteiger partial charge >= 0.3 is 0 Å². The van der Waals surface area contributed by atoms with Gasteiger partial charge in [0.05, 0.1) is 17.3 Å². The number of aliphatic imine (C=N–C) groups is 1. The molecule has 1 aromatic heterocycles. The van der Waals surface area contributed by atoms with Crippen molar-refractivity contribution in [2.45, 2.75) is 37.2 Å². The third kappa shape index (κ3) is 3.14. The van der Waals surface area contributed by atoms with Gasteiger partial charge in [0, 0.05) is 18.7 Å². The van der Waals surface area contributed by atoms with Gasteiger partial charge in [-0.05, 0) is 55.7 Å². The molecule has 2 fully saturated rings. The molecule has 0 saturated heterocycles. The zero-order chi connectivity index (χ0) is 21.0. The number of hydrogen-bond donors (Lipinski definition) is 2. The van der Waals surface area contributed by atoms with Crippen molar-refractivity contribution in [3.63, 3.8) is 0 Å². The summed E-state index contributed by atoms with van der Waals surface area (Å²) >= 11 is 5.83. The minimum atomic E-state index is -0.539. The average molecular weight is 432 g/mol. The SMILES string of the molecule is Cn1nc(C2CC3CC4(CN=CO4)CC3C2)c(C(=O)Nc2ccc(F)c(Cl)c2)c1N. The fraction of sp³-hybridized carbons (Fsp3) is 0.476. The Morgan fingerprint density at radius 2 is 2.10 bits per heavy atom. The molecule has 7 nitrogen and oxygen atoms in total. The first-order valence-electron chi connectivity index (χ1n) is 10.1. The van der Waals surface area contributed by atoms with Crippen molar-refractivity contribution in [3.05, 3.63) is 40.3 Å². The van der Waals surface area contributed by atoms with E-state index < -0.39 is 5.82 Å². The minimum absolute atomic E-state index is 0.0529. The molecule has 3 aliphatic rings. The number of carbonyl (C=O) groups excluding carboxylic acids is 1. The number of nitrogen functional groups attached to an aromatic ring is 1. The number of amides is 1. The van der Waals surface area contributed by atoms with Gasteiger partial charge in [-0.25, -0.2) is 4.39 Å². The third-order valence-corrected chi connectivity index (χ3v) is 7.07. The van der Waals surface area contributed by atoms with Crippen molar-refractivity contribution in [1.82, 2.24) is 9.78 Å². The number of anilines is 2. The second-order valence-corrected chi connectivity index (χ2v) is 9.10. The molecule has 5 rings (SSSR count). The number of nitrogens with two attached hydrogens (primary N) is 1. The number of aryl methyl sites for hydroxylation is 1. The Labute approximate surface area is 178 Å². The van der Waals surface area contributed by atoms with E-state index in [-0.39, 0.29) is 22.4 Å². The van der Waals surface area contributed by atoms with Gasteiger partial charge in [-0.3, -0.25) is 14.5 Å². The summed E-state index contributed by atoms with van der Waals surface area (Å²) in [7, 11) is 1.73. The van der Waals surface area contributed by atoms with Crippen molar-refractivity contribution in [2.75, 3.05) is 17.6 Å². The molecule has 9 heteroatoms. The number of hydrogen-bond acceptors (Lipinski definition) is 5. The predicted molar refractivity (Wildman–Crippen MR) is 112 cm³/mol.